The monoisotopic (exact) mass is 496 g/mol. The third kappa shape index (κ3) is 4.20. The number of nitrogens with zero attached hydrogens (tertiary/aromatic N) is 2. The summed E-state index contributed by atoms with van der Waals surface area (Å²) in [4.78, 5) is 42.4. The number of carbonyl (C=O) groups excluding carboxylic acids is 3. The van der Waals surface area contributed by atoms with Gasteiger partial charge in [0.15, 0.2) is 11.5 Å². The number of carbonyl (C=O) groups is 3. The quantitative estimate of drug-likeness (QED) is 0.478. The normalized spacial score (nSPS) is 16.8. The molecule has 0 aromatic heterocycles. The van der Waals surface area contributed by atoms with Gasteiger partial charge < -0.3 is 14.4 Å². The van der Waals surface area contributed by atoms with Crippen molar-refractivity contribution >= 4 is 46.6 Å². The summed E-state index contributed by atoms with van der Waals surface area (Å²) in [6.07, 6.45) is -0.134. The molecular formula is C25H18Cl2N2O5. The summed E-state index contributed by atoms with van der Waals surface area (Å²) in [5, 5.41) is 0.974. The zero-order valence-electron chi connectivity index (χ0n) is 17.7. The molecule has 9 heteroatoms. The molecule has 2 aliphatic rings. The molecule has 5 rings (SSSR count). The molecule has 172 valence electrons. The number of rotatable bonds is 5. The van der Waals surface area contributed by atoms with E-state index in [9.17, 15) is 14.4 Å². The van der Waals surface area contributed by atoms with E-state index in [0.717, 1.165) is 10.5 Å². The van der Waals surface area contributed by atoms with Crippen molar-refractivity contribution in [3.05, 3.63) is 87.9 Å². The van der Waals surface area contributed by atoms with Gasteiger partial charge in [0.25, 0.3) is 11.8 Å². The lowest BCUT2D eigenvalue weighted by atomic mass is 10.1. The Morgan fingerprint density at radius 3 is 2.26 bits per heavy atom. The van der Waals surface area contributed by atoms with E-state index in [4.69, 9.17) is 32.7 Å². The number of imide groups is 1. The van der Waals surface area contributed by atoms with Gasteiger partial charge in [-0.15, -0.1) is 0 Å². The summed E-state index contributed by atoms with van der Waals surface area (Å²) in [7, 11) is 0. The highest BCUT2D eigenvalue weighted by Gasteiger charge is 2.44. The van der Waals surface area contributed by atoms with E-state index < -0.39 is 23.8 Å². The van der Waals surface area contributed by atoms with Gasteiger partial charge in [0, 0.05) is 22.2 Å². The van der Waals surface area contributed by atoms with Gasteiger partial charge in [-0.1, -0.05) is 29.3 Å². The lowest BCUT2D eigenvalue weighted by Crippen LogP contribution is -2.45. The second-order valence-electron chi connectivity index (χ2n) is 7.89. The average Bonchev–Trinajstić information content (AvgIpc) is 3.41. The lowest BCUT2D eigenvalue weighted by molar-refractivity contribution is -0.122. The van der Waals surface area contributed by atoms with Crippen LogP contribution in [0.15, 0.2) is 66.7 Å². The van der Waals surface area contributed by atoms with Gasteiger partial charge in [0.2, 0.25) is 12.7 Å². The zero-order chi connectivity index (χ0) is 23.8. The van der Waals surface area contributed by atoms with Crippen LogP contribution in [-0.2, 0) is 16.1 Å². The molecule has 0 bridgehead atoms. The fourth-order valence-corrected chi connectivity index (χ4v) is 4.29. The van der Waals surface area contributed by atoms with Crippen molar-refractivity contribution in [1.82, 2.24) is 4.90 Å². The summed E-state index contributed by atoms with van der Waals surface area (Å²) >= 11 is 11.9. The number of halogens is 2. The number of benzene rings is 3. The zero-order valence-corrected chi connectivity index (χ0v) is 19.3. The Morgan fingerprint density at radius 2 is 1.56 bits per heavy atom. The van der Waals surface area contributed by atoms with Gasteiger partial charge in [0.05, 0.1) is 12.1 Å². The fourth-order valence-electron chi connectivity index (χ4n) is 4.04. The topological polar surface area (TPSA) is 76.1 Å². The number of anilines is 1. The summed E-state index contributed by atoms with van der Waals surface area (Å²) < 4.78 is 10.8. The Labute approximate surface area is 205 Å². The smallest absolute Gasteiger partial charge is 0.257 e. The minimum atomic E-state index is -0.975. The van der Waals surface area contributed by atoms with E-state index >= 15 is 0 Å². The molecule has 0 saturated carbocycles. The van der Waals surface area contributed by atoms with E-state index in [1.165, 1.54) is 4.90 Å². The van der Waals surface area contributed by atoms with Crippen LogP contribution in [0.1, 0.15) is 22.3 Å². The van der Waals surface area contributed by atoms with Crippen LogP contribution >= 0.6 is 23.2 Å². The van der Waals surface area contributed by atoms with Crippen LogP contribution < -0.4 is 14.4 Å². The van der Waals surface area contributed by atoms with Gasteiger partial charge in [0.1, 0.15) is 6.04 Å². The van der Waals surface area contributed by atoms with Gasteiger partial charge in [-0.3, -0.25) is 14.4 Å². The van der Waals surface area contributed by atoms with Crippen LogP contribution in [0.3, 0.4) is 0 Å². The maximum atomic E-state index is 13.5. The van der Waals surface area contributed by atoms with Crippen molar-refractivity contribution in [3.8, 4) is 11.5 Å². The van der Waals surface area contributed by atoms with E-state index in [2.05, 4.69) is 0 Å². The molecule has 0 unspecified atom stereocenters. The molecule has 7 nitrogen and oxygen atoms in total. The highest BCUT2D eigenvalue weighted by atomic mass is 35.5. The molecule has 3 aromatic carbocycles. The molecule has 3 amide bonds. The molecule has 2 aliphatic heterocycles. The maximum Gasteiger partial charge on any atom is 0.257 e. The van der Waals surface area contributed by atoms with E-state index in [1.807, 2.05) is 0 Å². The lowest BCUT2D eigenvalue weighted by Gasteiger charge is -2.28. The Morgan fingerprint density at radius 1 is 0.912 bits per heavy atom. The van der Waals surface area contributed by atoms with Gasteiger partial charge in [-0.25, -0.2) is 4.90 Å². The predicted molar refractivity (Wildman–Crippen MR) is 126 cm³/mol. The SMILES string of the molecule is O=C1C[C@H](N(Cc2ccc3c(c2)OCO3)C(=O)c2ccc(Cl)cc2)C(=O)N1c1ccc(Cl)cc1. The van der Waals surface area contributed by atoms with Crippen LogP contribution in [0.25, 0.3) is 0 Å². The van der Waals surface area contributed by atoms with Crippen molar-refractivity contribution in [3.63, 3.8) is 0 Å². The second-order valence-corrected chi connectivity index (χ2v) is 8.76. The molecule has 1 saturated heterocycles. The van der Waals surface area contributed by atoms with Gasteiger partial charge in [-0.2, -0.15) is 0 Å². The standard InChI is InChI=1S/C25H18Cl2N2O5/c26-17-4-2-16(3-5-17)24(31)28(13-15-1-10-21-22(11-15)34-14-33-21)20-12-23(30)29(25(20)32)19-8-6-18(27)7-9-19/h1-11,20H,12-14H2/t20-/m0/s1. The molecule has 1 fully saturated rings. The molecule has 1 atom stereocenters. The highest BCUT2D eigenvalue weighted by Crippen LogP contribution is 2.34. The number of hydrogen-bond donors (Lipinski definition) is 0. The van der Waals surface area contributed by atoms with Crippen LogP contribution in [0, 0.1) is 0 Å². The number of amides is 3. The first-order chi connectivity index (χ1) is 16.4. The molecule has 0 N–H and O–H groups in total. The summed E-state index contributed by atoms with van der Waals surface area (Å²) in [5.74, 6) is -0.0842. The van der Waals surface area contributed by atoms with E-state index in [1.54, 1.807) is 66.7 Å². The summed E-state index contributed by atoms with van der Waals surface area (Å²) in [5.41, 5.74) is 1.50. The van der Waals surface area contributed by atoms with Crippen LogP contribution in [0.2, 0.25) is 10.0 Å². The molecule has 0 spiro atoms. The third-order valence-electron chi connectivity index (χ3n) is 5.73. The van der Waals surface area contributed by atoms with Crippen LogP contribution in [0.5, 0.6) is 11.5 Å². The predicted octanol–water partition coefficient (Wildman–Crippen LogP) is 4.70. The summed E-state index contributed by atoms with van der Waals surface area (Å²) in [6.45, 7) is 0.216. The van der Waals surface area contributed by atoms with E-state index in [0.29, 0.717) is 32.8 Å². The fraction of sp³-hybridized carbons (Fsp3) is 0.160. The molecule has 0 aliphatic carbocycles. The first-order valence-corrected chi connectivity index (χ1v) is 11.2. The van der Waals surface area contributed by atoms with Gasteiger partial charge >= 0.3 is 0 Å². The van der Waals surface area contributed by atoms with Crippen molar-refractivity contribution in [2.24, 2.45) is 0 Å². The van der Waals surface area contributed by atoms with Crippen molar-refractivity contribution < 1.29 is 23.9 Å². The third-order valence-corrected chi connectivity index (χ3v) is 6.23. The summed E-state index contributed by atoms with van der Waals surface area (Å²) in [6, 6.07) is 17.2. The van der Waals surface area contributed by atoms with Gasteiger partial charge in [-0.05, 0) is 66.2 Å². The minimum absolute atomic E-state index is 0.0935. The van der Waals surface area contributed by atoms with Crippen LogP contribution in [0.4, 0.5) is 5.69 Å². The first-order valence-electron chi connectivity index (χ1n) is 10.5. The van der Waals surface area contributed by atoms with Crippen molar-refractivity contribution in [1.29, 1.82) is 0 Å². The minimum Gasteiger partial charge on any atom is -0.454 e. The maximum absolute atomic E-state index is 13.5. The Hall–Kier alpha value is -3.55. The van der Waals surface area contributed by atoms with Crippen molar-refractivity contribution in [2.75, 3.05) is 11.7 Å². The van der Waals surface area contributed by atoms with Crippen molar-refractivity contribution in [2.45, 2.75) is 19.0 Å². The number of fused-ring (bicyclic) bond motifs is 1. The molecule has 34 heavy (non-hydrogen) atoms. The molecule has 0 radical (unpaired) electrons. The Kier molecular flexibility index (Phi) is 5.89. The Balaban J connectivity index is 1.49. The number of hydrogen-bond acceptors (Lipinski definition) is 5. The molecule has 3 aromatic rings. The highest BCUT2D eigenvalue weighted by molar-refractivity contribution is 6.31. The molecular weight excluding hydrogens is 479 g/mol. The van der Waals surface area contributed by atoms with Crippen LogP contribution in [-0.4, -0.2) is 35.5 Å². The second kappa shape index (κ2) is 9.00. The molecule has 2 heterocycles. The average molecular weight is 497 g/mol. The number of ether oxygens (including phenoxy) is 2. The largest absolute Gasteiger partial charge is 0.454 e. The van der Waals surface area contributed by atoms with E-state index in [-0.39, 0.29) is 19.8 Å². The first kappa shape index (κ1) is 22.3. The Bertz CT molecular complexity index is 1280.